The van der Waals surface area contributed by atoms with E-state index in [9.17, 15) is 18.0 Å². The third-order valence-electron chi connectivity index (χ3n) is 3.96. The number of carbonyl (C=O) groups is 2. The van der Waals surface area contributed by atoms with Gasteiger partial charge in [0.05, 0.1) is 17.5 Å². The third-order valence-corrected chi connectivity index (χ3v) is 5.47. The number of rotatable bonds is 8. The van der Waals surface area contributed by atoms with Gasteiger partial charge in [0, 0.05) is 0 Å². The number of hydrogen-bond acceptors (Lipinski definition) is 6. The summed E-state index contributed by atoms with van der Waals surface area (Å²) in [5.41, 5.74) is -1.78. The van der Waals surface area contributed by atoms with Crippen molar-refractivity contribution in [2.45, 2.75) is 10.4 Å². The summed E-state index contributed by atoms with van der Waals surface area (Å²) in [6.45, 7) is -0.931. The van der Waals surface area contributed by atoms with E-state index >= 15 is 0 Å². The Bertz CT molecular complexity index is 1060. The molecule has 3 N–H and O–H groups in total. The quantitative estimate of drug-likeness (QED) is 0.415. The topological polar surface area (TPSA) is 152 Å². The molecule has 2 amide bonds. The van der Waals surface area contributed by atoms with Crippen molar-refractivity contribution >= 4 is 21.8 Å². The molecule has 29 heavy (non-hydrogen) atoms. The van der Waals surface area contributed by atoms with Crippen molar-refractivity contribution in [3.05, 3.63) is 66.2 Å². The lowest BCUT2D eigenvalue weighted by Crippen LogP contribution is -2.61. The SMILES string of the molecule is N#CCNC(=O)C(CNC(=O)C#N)(NS(=O)(=O)c1ccccc1)c1ccccc1. The van der Waals surface area contributed by atoms with Gasteiger partial charge in [-0.25, -0.2) is 8.42 Å². The Morgan fingerprint density at radius 2 is 1.52 bits per heavy atom. The van der Waals surface area contributed by atoms with E-state index in [2.05, 4.69) is 15.4 Å². The van der Waals surface area contributed by atoms with Crippen molar-refractivity contribution in [3.8, 4) is 12.1 Å². The van der Waals surface area contributed by atoms with Crippen LogP contribution in [0.25, 0.3) is 0 Å². The summed E-state index contributed by atoms with van der Waals surface area (Å²) in [5, 5.41) is 22.1. The molecule has 1 atom stereocenters. The van der Waals surface area contributed by atoms with E-state index in [1.165, 1.54) is 42.5 Å². The molecule has 2 aromatic rings. The molecule has 1 unspecified atom stereocenters. The summed E-state index contributed by atoms with van der Waals surface area (Å²) in [4.78, 5) is 24.4. The predicted octanol–water partition coefficient (Wildman–Crippen LogP) is 0.140. The Morgan fingerprint density at radius 3 is 2.07 bits per heavy atom. The van der Waals surface area contributed by atoms with Gasteiger partial charge in [-0.3, -0.25) is 9.59 Å². The number of nitrogens with one attached hydrogen (secondary N) is 3. The zero-order chi connectivity index (χ0) is 21.3. The summed E-state index contributed by atoms with van der Waals surface area (Å²) >= 11 is 0. The van der Waals surface area contributed by atoms with Crippen LogP contribution in [0.15, 0.2) is 65.6 Å². The molecular formula is C19H17N5O4S. The van der Waals surface area contributed by atoms with E-state index in [0.717, 1.165) is 0 Å². The second-order valence-corrected chi connectivity index (χ2v) is 7.51. The molecule has 0 saturated heterocycles. The molecule has 0 radical (unpaired) electrons. The lowest BCUT2D eigenvalue weighted by molar-refractivity contribution is -0.127. The summed E-state index contributed by atoms with van der Waals surface area (Å²) in [6.07, 6.45) is 0. The lowest BCUT2D eigenvalue weighted by atomic mass is 9.89. The van der Waals surface area contributed by atoms with E-state index in [1.54, 1.807) is 30.3 Å². The highest BCUT2D eigenvalue weighted by Crippen LogP contribution is 2.24. The molecule has 0 aliphatic rings. The minimum absolute atomic E-state index is 0.0972. The Morgan fingerprint density at radius 1 is 0.931 bits per heavy atom. The van der Waals surface area contributed by atoms with Gasteiger partial charge in [-0.05, 0) is 17.7 Å². The molecule has 0 heterocycles. The fraction of sp³-hybridized carbons (Fsp3) is 0.158. The first-order valence-electron chi connectivity index (χ1n) is 8.33. The Hall–Kier alpha value is -3.73. The van der Waals surface area contributed by atoms with E-state index in [1.807, 2.05) is 0 Å². The van der Waals surface area contributed by atoms with Crippen LogP contribution in [0, 0.1) is 22.7 Å². The van der Waals surface area contributed by atoms with Crippen molar-refractivity contribution in [3.63, 3.8) is 0 Å². The Labute approximate surface area is 168 Å². The number of benzene rings is 2. The molecular weight excluding hydrogens is 394 g/mol. The standard InChI is InChI=1S/C19H17N5O4S/c20-11-12-22-18(26)19(14-23-17(25)13-21,15-7-3-1-4-8-15)24-29(27,28)16-9-5-2-6-10-16/h1-10,24H,12,14H2,(H,22,26)(H,23,25). The van der Waals surface area contributed by atoms with E-state index < -0.39 is 33.9 Å². The number of nitrogens with zero attached hydrogens (tertiary/aromatic N) is 2. The third kappa shape index (κ3) is 5.17. The van der Waals surface area contributed by atoms with Gasteiger partial charge in [0.25, 0.3) is 0 Å². The van der Waals surface area contributed by atoms with Gasteiger partial charge in [0.2, 0.25) is 15.9 Å². The average Bonchev–Trinajstić information content (AvgIpc) is 2.75. The van der Waals surface area contributed by atoms with Crippen molar-refractivity contribution in [1.82, 2.24) is 15.4 Å². The normalized spacial score (nSPS) is 12.6. The molecule has 2 rings (SSSR count). The number of carbonyl (C=O) groups excluding carboxylic acids is 2. The summed E-state index contributed by atoms with van der Waals surface area (Å²) in [7, 11) is -4.22. The van der Waals surface area contributed by atoms with Crippen LogP contribution in [-0.2, 0) is 25.2 Å². The Balaban J connectivity index is 2.60. The second-order valence-electron chi connectivity index (χ2n) is 5.83. The van der Waals surface area contributed by atoms with E-state index in [4.69, 9.17) is 10.5 Å². The van der Waals surface area contributed by atoms with Gasteiger partial charge in [0.15, 0.2) is 11.6 Å². The smallest absolute Gasteiger partial charge is 0.322 e. The number of amides is 2. The van der Waals surface area contributed by atoms with Crippen LogP contribution in [0.4, 0.5) is 0 Å². The van der Waals surface area contributed by atoms with Crippen LogP contribution in [0.1, 0.15) is 5.56 Å². The minimum atomic E-state index is -4.22. The zero-order valence-electron chi connectivity index (χ0n) is 15.1. The molecule has 10 heteroatoms. The van der Waals surface area contributed by atoms with Crippen LogP contribution >= 0.6 is 0 Å². The maximum Gasteiger partial charge on any atom is 0.322 e. The molecule has 9 nitrogen and oxygen atoms in total. The van der Waals surface area contributed by atoms with Crippen LogP contribution in [-0.4, -0.2) is 33.3 Å². The van der Waals surface area contributed by atoms with Gasteiger partial charge in [-0.2, -0.15) is 15.2 Å². The van der Waals surface area contributed by atoms with Crippen molar-refractivity contribution in [2.75, 3.05) is 13.1 Å². The molecule has 2 aromatic carbocycles. The largest absolute Gasteiger partial charge is 0.341 e. The van der Waals surface area contributed by atoms with Gasteiger partial charge < -0.3 is 10.6 Å². The van der Waals surface area contributed by atoms with Gasteiger partial charge in [0.1, 0.15) is 6.54 Å². The first kappa shape index (κ1) is 21.6. The Kier molecular flexibility index (Phi) is 7.04. The monoisotopic (exact) mass is 411 g/mol. The molecule has 0 aliphatic heterocycles. The van der Waals surface area contributed by atoms with E-state index in [-0.39, 0.29) is 17.0 Å². The molecule has 0 aromatic heterocycles. The van der Waals surface area contributed by atoms with E-state index in [0.29, 0.717) is 0 Å². The fourth-order valence-electron chi connectivity index (χ4n) is 2.59. The van der Waals surface area contributed by atoms with Crippen LogP contribution in [0.2, 0.25) is 0 Å². The first-order chi connectivity index (χ1) is 13.9. The molecule has 0 spiro atoms. The van der Waals surface area contributed by atoms with Gasteiger partial charge in [-0.15, -0.1) is 0 Å². The van der Waals surface area contributed by atoms with Gasteiger partial charge >= 0.3 is 5.91 Å². The van der Waals surface area contributed by atoms with Crippen LogP contribution in [0.5, 0.6) is 0 Å². The van der Waals surface area contributed by atoms with Crippen molar-refractivity contribution in [1.29, 1.82) is 10.5 Å². The predicted molar refractivity (Wildman–Crippen MR) is 102 cm³/mol. The average molecular weight is 411 g/mol. The first-order valence-corrected chi connectivity index (χ1v) is 9.82. The summed E-state index contributed by atoms with van der Waals surface area (Å²) in [6, 6.07) is 18.3. The fourth-order valence-corrected chi connectivity index (χ4v) is 3.96. The minimum Gasteiger partial charge on any atom is -0.341 e. The van der Waals surface area contributed by atoms with Crippen LogP contribution in [0.3, 0.4) is 0 Å². The number of nitriles is 2. The molecule has 0 saturated carbocycles. The zero-order valence-corrected chi connectivity index (χ0v) is 15.9. The van der Waals surface area contributed by atoms with Gasteiger partial charge in [-0.1, -0.05) is 48.5 Å². The highest BCUT2D eigenvalue weighted by Gasteiger charge is 2.44. The molecule has 148 valence electrons. The second kappa shape index (κ2) is 9.46. The maximum atomic E-state index is 13.0. The summed E-state index contributed by atoms with van der Waals surface area (Å²) in [5.74, 6) is -1.90. The maximum absolute atomic E-state index is 13.0. The highest BCUT2D eigenvalue weighted by atomic mass is 32.2. The number of hydrogen-bond donors (Lipinski definition) is 3. The number of sulfonamides is 1. The van der Waals surface area contributed by atoms with Crippen LogP contribution < -0.4 is 15.4 Å². The highest BCUT2D eigenvalue weighted by molar-refractivity contribution is 7.89. The van der Waals surface area contributed by atoms with Crippen molar-refractivity contribution < 1.29 is 18.0 Å². The molecule has 0 bridgehead atoms. The van der Waals surface area contributed by atoms with Crippen molar-refractivity contribution in [2.24, 2.45) is 0 Å². The molecule has 0 fully saturated rings. The molecule has 0 aliphatic carbocycles. The lowest BCUT2D eigenvalue weighted by Gasteiger charge is -2.33. The summed E-state index contributed by atoms with van der Waals surface area (Å²) < 4.78 is 28.3.